The van der Waals surface area contributed by atoms with Gasteiger partial charge in [0.1, 0.15) is 5.82 Å². The zero-order valence-corrected chi connectivity index (χ0v) is 17.1. The second-order valence-corrected chi connectivity index (χ2v) is 8.13. The Morgan fingerprint density at radius 1 is 1.17 bits per heavy atom. The monoisotopic (exact) mass is 397 g/mol. The molecule has 4 N–H and O–H groups in total. The van der Waals surface area contributed by atoms with Gasteiger partial charge in [0, 0.05) is 43.8 Å². The summed E-state index contributed by atoms with van der Waals surface area (Å²) in [6, 6.07) is 10.9. The summed E-state index contributed by atoms with van der Waals surface area (Å²) >= 11 is 0. The first kappa shape index (κ1) is 20.1. The third kappa shape index (κ3) is 4.86. The first-order chi connectivity index (χ1) is 14.1. The van der Waals surface area contributed by atoms with Gasteiger partial charge < -0.3 is 26.0 Å². The molecule has 1 aromatic carbocycles. The van der Waals surface area contributed by atoms with E-state index < -0.39 is 6.17 Å². The number of rotatable bonds is 5. The van der Waals surface area contributed by atoms with Crippen LogP contribution in [0.3, 0.4) is 0 Å². The lowest BCUT2D eigenvalue weighted by atomic mass is 10.0. The molecule has 4 rings (SSSR count). The van der Waals surface area contributed by atoms with Gasteiger partial charge in [0.2, 0.25) is 0 Å². The van der Waals surface area contributed by atoms with E-state index in [1.165, 1.54) is 0 Å². The van der Waals surface area contributed by atoms with Crippen molar-refractivity contribution in [3.8, 4) is 0 Å². The number of anilines is 1. The largest absolute Gasteiger partial charge is 0.381 e. The number of nitrogens with one attached hydrogen (secondary N) is 2. The summed E-state index contributed by atoms with van der Waals surface area (Å²) in [5.74, 6) is 0.585. The van der Waals surface area contributed by atoms with Gasteiger partial charge in [-0.1, -0.05) is 18.2 Å². The van der Waals surface area contributed by atoms with Crippen LogP contribution in [0.4, 0.5) is 5.82 Å². The Kier molecular flexibility index (Phi) is 6.28. The molecule has 0 radical (unpaired) electrons. The molecule has 1 aromatic heterocycles. The highest BCUT2D eigenvalue weighted by Gasteiger charge is 2.26. The topological polar surface area (TPSA) is 92.5 Å². The van der Waals surface area contributed by atoms with Crippen LogP contribution in [0, 0.1) is 0 Å². The molecule has 1 unspecified atom stereocenters. The number of nitrogens with two attached hydrogens (primary N) is 1. The van der Waals surface area contributed by atoms with Crippen LogP contribution in [0.15, 0.2) is 30.3 Å². The van der Waals surface area contributed by atoms with Crippen molar-refractivity contribution in [2.24, 2.45) is 5.73 Å². The summed E-state index contributed by atoms with van der Waals surface area (Å²) < 4.78 is 5.46. The molecule has 2 aromatic rings. The van der Waals surface area contributed by atoms with Crippen molar-refractivity contribution < 1.29 is 9.53 Å². The lowest BCUT2D eigenvalue weighted by Crippen LogP contribution is -2.48. The molecule has 2 aliphatic heterocycles. The normalized spacial score (nSPS) is 20.0. The van der Waals surface area contributed by atoms with E-state index in [9.17, 15) is 4.79 Å². The molecule has 0 spiro atoms. The summed E-state index contributed by atoms with van der Waals surface area (Å²) in [6.07, 6.45) is 3.86. The van der Waals surface area contributed by atoms with E-state index in [4.69, 9.17) is 15.5 Å². The van der Waals surface area contributed by atoms with Crippen LogP contribution < -0.4 is 21.3 Å². The van der Waals surface area contributed by atoms with E-state index in [1.807, 2.05) is 30.3 Å². The summed E-state index contributed by atoms with van der Waals surface area (Å²) in [5, 5.41) is 7.57. The van der Waals surface area contributed by atoms with Crippen LogP contribution >= 0.6 is 0 Å². The molecule has 1 amide bonds. The number of benzene rings is 1. The van der Waals surface area contributed by atoms with Gasteiger partial charge in [-0.25, -0.2) is 4.98 Å². The number of carbonyl (C=O) groups excluding carboxylic acids is 1. The minimum absolute atomic E-state index is 0.171. The minimum Gasteiger partial charge on any atom is -0.381 e. The van der Waals surface area contributed by atoms with E-state index in [0.717, 1.165) is 68.7 Å². The Morgan fingerprint density at radius 3 is 2.59 bits per heavy atom. The zero-order valence-electron chi connectivity index (χ0n) is 17.1. The maximum absolute atomic E-state index is 12.8. The van der Waals surface area contributed by atoms with Crippen molar-refractivity contribution >= 4 is 22.6 Å². The number of pyridine rings is 1. The average Bonchev–Trinajstić information content (AvgIpc) is 2.73. The van der Waals surface area contributed by atoms with Gasteiger partial charge in [0.15, 0.2) is 0 Å². The van der Waals surface area contributed by atoms with Crippen molar-refractivity contribution in [2.45, 2.75) is 50.9 Å². The van der Waals surface area contributed by atoms with E-state index in [2.05, 4.69) is 15.5 Å². The van der Waals surface area contributed by atoms with E-state index in [-0.39, 0.29) is 5.91 Å². The molecule has 0 saturated carbocycles. The van der Waals surface area contributed by atoms with E-state index in [1.54, 1.807) is 6.92 Å². The molecule has 7 nitrogen and oxygen atoms in total. The van der Waals surface area contributed by atoms with Crippen molar-refractivity contribution in [1.29, 1.82) is 0 Å². The van der Waals surface area contributed by atoms with Crippen LogP contribution in [0.1, 0.15) is 43.0 Å². The Hall–Kier alpha value is -2.22. The summed E-state index contributed by atoms with van der Waals surface area (Å²) in [7, 11) is 0. The Balaban J connectivity index is 1.51. The van der Waals surface area contributed by atoms with Crippen molar-refractivity contribution in [1.82, 2.24) is 15.6 Å². The number of hydrogen-bond acceptors (Lipinski definition) is 6. The van der Waals surface area contributed by atoms with Gasteiger partial charge in [-0.2, -0.15) is 0 Å². The van der Waals surface area contributed by atoms with Crippen LogP contribution in [0.5, 0.6) is 0 Å². The number of amides is 1. The molecule has 3 heterocycles. The molecule has 2 aliphatic rings. The van der Waals surface area contributed by atoms with E-state index in [0.29, 0.717) is 17.6 Å². The van der Waals surface area contributed by atoms with Gasteiger partial charge in [-0.3, -0.25) is 4.79 Å². The maximum atomic E-state index is 12.8. The second-order valence-electron chi connectivity index (χ2n) is 8.13. The molecular weight excluding hydrogens is 366 g/mol. The van der Waals surface area contributed by atoms with Gasteiger partial charge in [-0.15, -0.1) is 0 Å². The minimum atomic E-state index is -0.406. The van der Waals surface area contributed by atoms with Crippen molar-refractivity contribution in [2.75, 3.05) is 31.2 Å². The fourth-order valence-electron chi connectivity index (χ4n) is 4.25. The molecule has 29 heavy (non-hydrogen) atoms. The highest BCUT2D eigenvalue weighted by atomic mass is 16.5. The number of fused-ring (bicyclic) bond motifs is 1. The van der Waals surface area contributed by atoms with Gasteiger partial charge >= 0.3 is 0 Å². The molecule has 7 heteroatoms. The SMILES string of the molecule is CC(N)NC(=O)c1cc2ccccc2nc1N1CCC(NC2CCOCC2)CC1. The first-order valence-corrected chi connectivity index (χ1v) is 10.6. The predicted molar refractivity (Wildman–Crippen MR) is 115 cm³/mol. The molecule has 156 valence electrons. The van der Waals surface area contributed by atoms with E-state index >= 15 is 0 Å². The number of carbonyl (C=O) groups is 1. The molecule has 0 aliphatic carbocycles. The van der Waals surface area contributed by atoms with Gasteiger partial charge in [0.25, 0.3) is 5.91 Å². The predicted octanol–water partition coefficient (Wildman–Crippen LogP) is 2.01. The number of nitrogens with zero attached hydrogens (tertiary/aromatic N) is 2. The number of hydrogen-bond donors (Lipinski definition) is 3. The fraction of sp³-hybridized carbons (Fsp3) is 0.545. The number of aromatic nitrogens is 1. The Bertz CT molecular complexity index is 842. The second kappa shape index (κ2) is 9.07. The molecule has 2 saturated heterocycles. The Morgan fingerprint density at radius 2 is 1.86 bits per heavy atom. The Labute approximate surface area is 172 Å². The van der Waals surface area contributed by atoms with Gasteiger partial charge in [0.05, 0.1) is 17.2 Å². The summed E-state index contributed by atoms with van der Waals surface area (Å²) in [5.41, 5.74) is 7.29. The lowest BCUT2D eigenvalue weighted by Gasteiger charge is -2.36. The number of piperidine rings is 1. The highest BCUT2D eigenvalue weighted by molar-refractivity contribution is 6.02. The molecule has 1 atom stereocenters. The zero-order chi connectivity index (χ0) is 20.2. The third-order valence-corrected chi connectivity index (χ3v) is 5.79. The summed E-state index contributed by atoms with van der Waals surface area (Å²) in [6.45, 7) is 5.24. The highest BCUT2D eigenvalue weighted by Crippen LogP contribution is 2.27. The van der Waals surface area contributed by atoms with Crippen LogP contribution in [-0.2, 0) is 4.74 Å². The van der Waals surface area contributed by atoms with Crippen LogP contribution in [-0.4, -0.2) is 55.4 Å². The summed E-state index contributed by atoms with van der Waals surface area (Å²) in [4.78, 5) is 19.9. The smallest absolute Gasteiger partial charge is 0.256 e. The number of para-hydroxylation sites is 1. The molecule has 2 fully saturated rings. The lowest BCUT2D eigenvalue weighted by molar-refractivity contribution is 0.0738. The average molecular weight is 398 g/mol. The van der Waals surface area contributed by atoms with Gasteiger partial charge in [-0.05, 0) is 44.7 Å². The maximum Gasteiger partial charge on any atom is 0.256 e. The van der Waals surface area contributed by atoms with Crippen molar-refractivity contribution in [3.05, 3.63) is 35.9 Å². The van der Waals surface area contributed by atoms with Crippen LogP contribution in [0.2, 0.25) is 0 Å². The quantitative estimate of drug-likeness (QED) is 0.669. The molecular formula is C22H31N5O2. The number of ether oxygens (including phenoxy) is 1. The third-order valence-electron chi connectivity index (χ3n) is 5.79. The van der Waals surface area contributed by atoms with Crippen LogP contribution in [0.25, 0.3) is 10.9 Å². The fourth-order valence-corrected chi connectivity index (χ4v) is 4.25. The molecule has 0 bridgehead atoms. The van der Waals surface area contributed by atoms with Crippen molar-refractivity contribution in [3.63, 3.8) is 0 Å². The first-order valence-electron chi connectivity index (χ1n) is 10.6. The standard InChI is InChI=1S/C22H31N5O2/c1-15(23)24-22(28)19-14-16-4-2-3-5-20(16)26-21(19)27-10-6-17(7-11-27)25-18-8-12-29-13-9-18/h2-5,14-15,17-18,25H,6-13,23H2,1H3,(H,24,28).